The highest BCUT2D eigenvalue weighted by Gasteiger charge is 2.16. The summed E-state index contributed by atoms with van der Waals surface area (Å²) in [4.78, 5) is 24.2. The van der Waals surface area contributed by atoms with Gasteiger partial charge < -0.3 is 11.1 Å². The number of halogens is 1. The second kappa shape index (κ2) is 5.09. The first-order chi connectivity index (χ1) is 9.38. The van der Waals surface area contributed by atoms with E-state index in [2.05, 4.69) is 5.32 Å². The Bertz CT molecular complexity index is 738. The molecule has 0 radical (unpaired) electrons. The third-order valence-corrected chi connectivity index (χ3v) is 3.42. The number of anilines is 2. The van der Waals surface area contributed by atoms with Crippen molar-refractivity contribution in [2.45, 2.75) is 6.92 Å². The van der Waals surface area contributed by atoms with Gasteiger partial charge in [0.05, 0.1) is 22.1 Å². The molecule has 0 aliphatic rings. The molecule has 8 heteroatoms. The molecule has 0 atom stereocenters. The van der Waals surface area contributed by atoms with Crippen molar-refractivity contribution in [3.63, 3.8) is 0 Å². The number of hydrogen-bond donors (Lipinski definition) is 2. The van der Waals surface area contributed by atoms with E-state index in [1.165, 1.54) is 29.5 Å². The van der Waals surface area contributed by atoms with Crippen LogP contribution in [-0.4, -0.2) is 20.5 Å². The van der Waals surface area contributed by atoms with Gasteiger partial charge in [-0.3, -0.25) is 0 Å². The Balaban J connectivity index is 2.77. The number of nitrogens with zero attached hydrogens (tertiary/aromatic N) is 3. The third-order valence-electron chi connectivity index (χ3n) is 3.11. The van der Waals surface area contributed by atoms with E-state index >= 15 is 0 Å². The minimum Gasteiger partial charge on any atom is -0.397 e. The van der Waals surface area contributed by atoms with Crippen LogP contribution in [0, 0.1) is 0 Å². The first-order valence-corrected chi connectivity index (χ1v) is 6.44. The van der Waals surface area contributed by atoms with Gasteiger partial charge >= 0.3 is 11.4 Å². The Hall–Kier alpha value is -2.15. The standard InChI is InChI=1S/C12H16ClN5O2/c1-4-15-9-6-10(7(13)5-8(9)14)18-11(19)16(2)17(3)12(18)20/h5-6,15H,4,14H2,1-3H3. The minimum atomic E-state index is -0.466. The van der Waals surface area contributed by atoms with Crippen molar-refractivity contribution < 1.29 is 0 Å². The molecule has 0 aliphatic carbocycles. The zero-order chi connectivity index (χ0) is 15.0. The molecule has 0 fully saturated rings. The van der Waals surface area contributed by atoms with E-state index in [0.29, 0.717) is 23.6 Å². The van der Waals surface area contributed by atoms with E-state index in [0.717, 1.165) is 4.57 Å². The number of nitrogens with two attached hydrogens (primary N) is 1. The van der Waals surface area contributed by atoms with Crippen LogP contribution in [0.5, 0.6) is 0 Å². The summed E-state index contributed by atoms with van der Waals surface area (Å²) < 4.78 is 3.44. The summed E-state index contributed by atoms with van der Waals surface area (Å²) in [6.07, 6.45) is 0. The van der Waals surface area contributed by atoms with Crippen molar-refractivity contribution >= 4 is 23.0 Å². The first kappa shape index (κ1) is 14.3. The van der Waals surface area contributed by atoms with E-state index in [1.807, 2.05) is 6.92 Å². The molecule has 1 aromatic heterocycles. The SMILES string of the molecule is CCNc1cc(-n2c(=O)n(C)n(C)c2=O)c(Cl)cc1N. The van der Waals surface area contributed by atoms with Crippen LogP contribution in [0.15, 0.2) is 21.7 Å². The third kappa shape index (κ3) is 2.09. The van der Waals surface area contributed by atoms with Crippen molar-refractivity contribution in [1.29, 1.82) is 0 Å². The summed E-state index contributed by atoms with van der Waals surface area (Å²) in [5, 5.41) is 3.30. The lowest BCUT2D eigenvalue weighted by molar-refractivity contribution is 0.565. The monoisotopic (exact) mass is 297 g/mol. The van der Waals surface area contributed by atoms with E-state index in [1.54, 1.807) is 6.07 Å². The summed E-state index contributed by atoms with van der Waals surface area (Å²) in [7, 11) is 3.02. The Labute approximate surface area is 120 Å². The second-order valence-electron chi connectivity index (χ2n) is 4.37. The van der Waals surface area contributed by atoms with Crippen molar-refractivity contribution in [1.82, 2.24) is 13.9 Å². The van der Waals surface area contributed by atoms with Gasteiger partial charge in [-0.25, -0.2) is 23.5 Å². The van der Waals surface area contributed by atoms with Crippen molar-refractivity contribution in [3.8, 4) is 5.69 Å². The average Bonchev–Trinajstić information content (AvgIpc) is 2.58. The number of benzene rings is 1. The normalized spacial score (nSPS) is 10.8. The van der Waals surface area contributed by atoms with Crippen molar-refractivity contribution in [3.05, 3.63) is 38.1 Å². The smallest absolute Gasteiger partial charge is 0.351 e. The summed E-state index contributed by atoms with van der Waals surface area (Å²) in [5.74, 6) is 0. The van der Waals surface area contributed by atoms with Crippen LogP contribution in [0.2, 0.25) is 5.02 Å². The van der Waals surface area contributed by atoms with Gasteiger partial charge in [0.25, 0.3) is 0 Å². The first-order valence-electron chi connectivity index (χ1n) is 6.06. The van der Waals surface area contributed by atoms with Crippen LogP contribution < -0.4 is 22.4 Å². The van der Waals surface area contributed by atoms with Crippen molar-refractivity contribution in [2.75, 3.05) is 17.6 Å². The van der Waals surface area contributed by atoms with E-state index in [-0.39, 0.29) is 5.02 Å². The lowest BCUT2D eigenvalue weighted by Gasteiger charge is -2.11. The number of nitrogens with one attached hydrogen (secondary N) is 1. The highest BCUT2D eigenvalue weighted by atomic mass is 35.5. The Morgan fingerprint density at radius 1 is 1.20 bits per heavy atom. The molecule has 0 amide bonds. The molecule has 0 spiro atoms. The highest BCUT2D eigenvalue weighted by Crippen LogP contribution is 2.28. The fourth-order valence-corrected chi connectivity index (χ4v) is 2.18. The van der Waals surface area contributed by atoms with E-state index in [9.17, 15) is 9.59 Å². The average molecular weight is 298 g/mol. The molecule has 0 saturated heterocycles. The van der Waals surface area contributed by atoms with Crippen LogP contribution in [0.4, 0.5) is 11.4 Å². The molecular weight excluding hydrogens is 282 g/mol. The molecule has 108 valence electrons. The Morgan fingerprint density at radius 3 is 2.25 bits per heavy atom. The number of rotatable bonds is 3. The summed E-state index contributed by atoms with van der Waals surface area (Å²) in [6, 6.07) is 3.12. The molecule has 7 nitrogen and oxygen atoms in total. The molecule has 1 aromatic carbocycles. The topological polar surface area (TPSA) is 87.0 Å². The molecular formula is C12H16ClN5O2. The van der Waals surface area contributed by atoms with Crippen LogP contribution in [-0.2, 0) is 14.1 Å². The predicted octanol–water partition coefficient (Wildman–Crippen LogP) is 0.542. The fourth-order valence-electron chi connectivity index (χ4n) is 1.93. The largest absolute Gasteiger partial charge is 0.397 e. The molecule has 0 saturated carbocycles. The molecule has 3 N–H and O–H groups in total. The number of hydrogen-bond acceptors (Lipinski definition) is 4. The van der Waals surface area contributed by atoms with Crippen LogP contribution in [0.1, 0.15) is 6.92 Å². The van der Waals surface area contributed by atoms with Gasteiger partial charge in [0, 0.05) is 20.6 Å². The summed E-state index contributed by atoms with van der Waals surface area (Å²) in [6.45, 7) is 2.58. The van der Waals surface area contributed by atoms with Crippen LogP contribution >= 0.6 is 11.6 Å². The maximum absolute atomic E-state index is 12.1. The lowest BCUT2D eigenvalue weighted by Crippen LogP contribution is -2.27. The Morgan fingerprint density at radius 2 is 1.75 bits per heavy atom. The van der Waals surface area contributed by atoms with Crippen molar-refractivity contribution in [2.24, 2.45) is 14.1 Å². The lowest BCUT2D eigenvalue weighted by atomic mass is 10.2. The molecule has 0 aliphatic heterocycles. The Kier molecular flexibility index (Phi) is 3.63. The predicted molar refractivity (Wildman–Crippen MR) is 79.8 cm³/mol. The maximum Gasteiger partial charge on any atom is 0.351 e. The highest BCUT2D eigenvalue weighted by molar-refractivity contribution is 6.32. The van der Waals surface area contributed by atoms with E-state index in [4.69, 9.17) is 17.3 Å². The molecule has 1 heterocycles. The molecule has 20 heavy (non-hydrogen) atoms. The zero-order valence-corrected chi connectivity index (χ0v) is 12.2. The van der Waals surface area contributed by atoms with Crippen LogP contribution in [0.25, 0.3) is 5.69 Å². The molecule has 0 unspecified atom stereocenters. The number of nitrogen functional groups attached to an aromatic ring is 1. The van der Waals surface area contributed by atoms with Gasteiger partial charge in [-0.2, -0.15) is 0 Å². The minimum absolute atomic E-state index is 0.245. The summed E-state index contributed by atoms with van der Waals surface area (Å²) in [5.41, 5.74) is 6.31. The van der Waals surface area contributed by atoms with Gasteiger partial charge in [0.2, 0.25) is 0 Å². The maximum atomic E-state index is 12.1. The van der Waals surface area contributed by atoms with Gasteiger partial charge in [-0.05, 0) is 19.1 Å². The summed E-state index contributed by atoms with van der Waals surface area (Å²) >= 11 is 6.12. The molecule has 0 bridgehead atoms. The fraction of sp³-hybridized carbons (Fsp3) is 0.333. The molecule has 2 rings (SSSR count). The second-order valence-corrected chi connectivity index (χ2v) is 4.78. The van der Waals surface area contributed by atoms with Gasteiger partial charge in [0.1, 0.15) is 0 Å². The van der Waals surface area contributed by atoms with Gasteiger partial charge in [-0.1, -0.05) is 11.6 Å². The van der Waals surface area contributed by atoms with Gasteiger partial charge in [-0.15, -0.1) is 0 Å². The number of aromatic nitrogens is 3. The quantitative estimate of drug-likeness (QED) is 0.810. The van der Waals surface area contributed by atoms with Crippen LogP contribution in [0.3, 0.4) is 0 Å². The zero-order valence-electron chi connectivity index (χ0n) is 11.5. The van der Waals surface area contributed by atoms with Gasteiger partial charge in [0.15, 0.2) is 0 Å². The molecule has 2 aromatic rings. The van der Waals surface area contributed by atoms with E-state index < -0.39 is 11.4 Å².